The van der Waals surface area contributed by atoms with Crippen LogP contribution >= 0.6 is 0 Å². The highest BCUT2D eigenvalue weighted by Gasteiger charge is 2.70. The summed E-state index contributed by atoms with van der Waals surface area (Å²) in [4.78, 5) is 83.8. The van der Waals surface area contributed by atoms with Crippen LogP contribution in [0.3, 0.4) is 0 Å². The van der Waals surface area contributed by atoms with E-state index in [4.69, 9.17) is 14.2 Å². The van der Waals surface area contributed by atoms with Crippen molar-refractivity contribution >= 4 is 35.7 Å². The van der Waals surface area contributed by atoms with Gasteiger partial charge in [-0.15, -0.1) is 0 Å². The number of hydrogen-bond acceptors (Lipinski definition) is 9. The molecular weight excluding hydrogens is 488 g/mol. The first-order chi connectivity index (χ1) is 17.3. The number of fused-ring (bicyclic) bond motifs is 2. The lowest BCUT2D eigenvalue weighted by atomic mass is 9.52. The average Bonchev–Trinajstić information content (AvgIpc) is 3.37. The number of benzene rings is 1. The molecule has 0 bridgehead atoms. The van der Waals surface area contributed by atoms with E-state index in [1.54, 1.807) is 6.07 Å². The van der Waals surface area contributed by atoms with Crippen molar-refractivity contribution in [2.24, 2.45) is 16.7 Å². The minimum absolute atomic E-state index is 0.0621. The fraction of sp³-hybridized carbons (Fsp3) is 0.500. The molecule has 3 aliphatic heterocycles. The lowest BCUT2D eigenvalue weighted by Crippen LogP contribution is -2.73. The zero-order chi connectivity index (χ0) is 27.2. The second-order valence-corrected chi connectivity index (χ2v) is 9.91. The number of amides is 8. The molecule has 1 spiro atoms. The van der Waals surface area contributed by atoms with Crippen LogP contribution in [-0.2, 0) is 32.0 Å². The third-order valence-corrected chi connectivity index (χ3v) is 8.21. The van der Waals surface area contributed by atoms with E-state index in [0.29, 0.717) is 28.4 Å². The standard InChI is InChI=1S/C24H26N4O9/c1-23(17(29)25(2)21(33)26(3)18(23)30)14-8-12-11(7-13-16(15(12)35-6)37-10-36-13)9-24(14)19(31)27(4)22(34)28(5)20(24)32/h7,14H,8-10H2,1-6H3/t14-/m1/s1. The second kappa shape index (κ2) is 7.67. The van der Waals surface area contributed by atoms with Gasteiger partial charge < -0.3 is 14.2 Å². The summed E-state index contributed by atoms with van der Waals surface area (Å²) in [7, 11) is 6.39. The average molecular weight is 514 g/mol. The molecule has 2 fully saturated rings. The van der Waals surface area contributed by atoms with Gasteiger partial charge >= 0.3 is 12.1 Å². The first-order valence-electron chi connectivity index (χ1n) is 11.5. The first-order valence-corrected chi connectivity index (χ1v) is 11.5. The van der Waals surface area contributed by atoms with Crippen LogP contribution in [-0.4, -0.2) is 97.4 Å². The highest BCUT2D eigenvalue weighted by Crippen LogP contribution is 2.57. The Bertz CT molecular complexity index is 1270. The van der Waals surface area contributed by atoms with Crippen LogP contribution in [0.5, 0.6) is 17.2 Å². The van der Waals surface area contributed by atoms with Crippen molar-refractivity contribution in [1.82, 2.24) is 19.6 Å². The van der Waals surface area contributed by atoms with E-state index in [-0.39, 0.29) is 19.6 Å². The van der Waals surface area contributed by atoms with E-state index in [9.17, 15) is 28.8 Å². The molecule has 37 heavy (non-hydrogen) atoms. The number of carbonyl (C=O) groups is 6. The number of imide groups is 4. The number of rotatable bonds is 2. The van der Waals surface area contributed by atoms with Gasteiger partial charge in [-0.3, -0.25) is 38.8 Å². The molecule has 0 saturated carbocycles. The van der Waals surface area contributed by atoms with Gasteiger partial charge in [0, 0.05) is 39.7 Å². The predicted molar refractivity (Wildman–Crippen MR) is 122 cm³/mol. The van der Waals surface area contributed by atoms with Gasteiger partial charge in [-0.25, -0.2) is 9.59 Å². The molecule has 1 aromatic carbocycles. The number of carbonyl (C=O) groups excluding carboxylic acids is 6. The first kappa shape index (κ1) is 24.5. The summed E-state index contributed by atoms with van der Waals surface area (Å²) in [6.45, 7) is 1.28. The summed E-state index contributed by atoms with van der Waals surface area (Å²) >= 11 is 0. The summed E-state index contributed by atoms with van der Waals surface area (Å²) in [6.07, 6.45) is -0.372. The van der Waals surface area contributed by atoms with Crippen LogP contribution in [0.15, 0.2) is 6.07 Å². The maximum Gasteiger partial charge on any atom is 0.332 e. The second-order valence-electron chi connectivity index (χ2n) is 9.91. The maximum absolute atomic E-state index is 14.0. The quantitative estimate of drug-likeness (QED) is 0.507. The Hall–Kier alpha value is -4.16. The fourth-order valence-corrected chi connectivity index (χ4v) is 6.22. The summed E-state index contributed by atoms with van der Waals surface area (Å²) in [6, 6.07) is -0.0160. The molecule has 13 nitrogen and oxygen atoms in total. The molecule has 0 radical (unpaired) electrons. The monoisotopic (exact) mass is 514 g/mol. The van der Waals surface area contributed by atoms with Crippen molar-refractivity contribution in [3.05, 3.63) is 17.2 Å². The molecule has 8 amide bonds. The van der Waals surface area contributed by atoms with Crippen molar-refractivity contribution in [2.45, 2.75) is 19.8 Å². The summed E-state index contributed by atoms with van der Waals surface area (Å²) in [5, 5.41) is 0. The topological polar surface area (TPSA) is 143 Å². The highest BCUT2D eigenvalue weighted by molar-refractivity contribution is 6.23. The number of urea groups is 2. The van der Waals surface area contributed by atoms with Gasteiger partial charge in [0.25, 0.3) is 0 Å². The van der Waals surface area contributed by atoms with Crippen LogP contribution in [0.1, 0.15) is 18.1 Å². The van der Waals surface area contributed by atoms with Gasteiger partial charge in [0.2, 0.25) is 36.2 Å². The predicted octanol–water partition coefficient (Wildman–Crippen LogP) is 0.232. The number of ether oxygens (including phenoxy) is 3. The maximum atomic E-state index is 14.0. The molecule has 196 valence electrons. The van der Waals surface area contributed by atoms with Crippen LogP contribution in [0.25, 0.3) is 0 Å². The van der Waals surface area contributed by atoms with Crippen LogP contribution in [0.2, 0.25) is 0 Å². The van der Waals surface area contributed by atoms with E-state index in [1.165, 1.54) is 42.2 Å². The fourth-order valence-electron chi connectivity index (χ4n) is 6.22. The van der Waals surface area contributed by atoms with Gasteiger partial charge in [-0.2, -0.15) is 0 Å². The third-order valence-electron chi connectivity index (χ3n) is 8.21. The number of nitrogens with zero attached hydrogens (tertiary/aromatic N) is 4. The van der Waals surface area contributed by atoms with Gasteiger partial charge in [0.05, 0.1) is 7.11 Å². The molecule has 0 N–H and O–H groups in total. The van der Waals surface area contributed by atoms with E-state index in [0.717, 1.165) is 19.6 Å². The van der Waals surface area contributed by atoms with Crippen molar-refractivity contribution in [3.63, 3.8) is 0 Å². The number of methoxy groups -OCH3 is 1. The molecule has 1 atom stereocenters. The molecule has 4 aliphatic rings. The zero-order valence-corrected chi connectivity index (χ0v) is 21.2. The smallest absolute Gasteiger partial charge is 0.332 e. The molecule has 5 rings (SSSR count). The summed E-state index contributed by atoms with van der Waals surface area (Å²) in [5.74, 6) is -3.66. The van der Waals surface area contributed by atoms with Crippen LogP contribution < -0.4 is 14.2 Å². The zero-order valence-electron chi connectivity index (χ0n) is 21.2. The van der Waals surface area contributed by atoms with Gasteiger partial charge in [0.15, 0.2) is 11.5 Å². The Morgan fingerprint density at radius 2 is 1.35 bits per heavy atom. The SMILES string of the molecule is COc1c2c(cc3c1OCO3)CC1(C(=O)N(C)C(=O)N(C)C1=O)[C@@H](C1(C)C(=O)N(C)C(=O)N(C)C1=O)C2. The van der Waals surface area contributed by atoms with Gasteiger partial charge in [0.1, 0.15) is 10.8 Å². The van der Waals surface area contributed by atoms with Gasteiger partial charge in [-0.1, -0.05) is 0 Å². The molecule has 3 heterocycles. The lowest BCUT2D eigenvalue weighted by molar-refractivity contribution is -0.175. The largest absolute Gasteiger partial charge is 0.492 e. The highest BCUT2D eigenvalue weighted by atomic mass is 16.7. The van der Waals surface area contributed by atoms with Crippen molar-refractivity contribution in [3.8, 4) is 17.2 Å². The molecule has 0 aromatic heterocycles. The number of barbiturate groups is 2. The third kappa shape index (κ3) is 2.79. The summed E-state index contributed by atoms with van der Waals surface area (Å²) in [5.41, 5.74) is -2.96. The minimum atomic E-state index is -2.01. The Balaban J connectivity index is 1.81. The van der Waals surface area contributed by atoms with Crippen molar-refractivity contribution < 1.29 is 43.0 Å². The van der Waals surface area contributed by atoms with Crippen LogP contribution in [0, 0.1) is 16.7 Å². The Kier molecular flexibility index (Phi) is 5.08. The Morgan fingerprint density at radius 3 is 1.86 bits per heavy atom. The van der Waals surface area contributed by atoms with Crippen LogP contribution in [0.4, 0.5) is 9.59 Å². The molecule has 1 aromatic rings. The Labute approximate surface area is 211 Å². The lowest BCUT2D eigenvalue weighted by Gasteiger charge is -2.54. The van der Waals surface area contributed by atoms with Crippen molar-refractivity contribution in [1.29, 1.82) is 0 Å². The van der Waals surface area contributed by atoms with E-state index < -0.39 is 52.4 Å². The molecule has 1 aliphatic carbocycles. The van der Waals surface area contributed by atoms with E-state index >= 15 is 0 Å². The summed E-state index contributed by atoms with van der Waals surface area (Å²) < 4.78 is 16.7. The number of hydrogen-bond donors (Lipinski definition) is 0. The Morgan fingerprint density at radius 1 is 0.838 bits per heavy atom. The van der Waals surface area contributed by atoms with E-state index in [2.05, 4.69) is 0 Å². The molecule has 0 unspecified atom stereocenters. The van der Waals surface area contributed by atoms with Gasteiger partial charge in [-0.05, 0) is 31.4 Å². The van der Waals surface area contributed by atoms with E-state index in [1.807, 2.05) is 0 Å². The molecule has 2 saturated heterocycles. The minimum Gasteiger partial charge on any atom is -0.492 e. The molecular formula is C24H26N4O9. The van der Waals surface area contributed by atoms with Crippen molar-refractivity contribution in [2.75, 3.05) is 42.1 Å². The molecule has 13 heteroatoms. The normalized spacial score (nSPS) is 24.3.